The van der Waals surface area contributed by atoms with Gasteiger partial charge < -0.3 is 14.8 Å². The summed E-state index contributed by atoms with van der Waals surface area (Å²) in [6, 6.07) is 10.6. The first-order valence-corrected chi connectivity index (χ1v) is 7.53. The summed E-state index contributed by atoms with van der Waals surface area (Å²) < 4.78 is 48.9. The normalized spacial score (nSPS) is 12.9. The molecule has 2 aromatic heterocycles. The largest absolute Gasteiger partial charge is 0.454 e. The maximum Gasteiger partial charge on any atom is 0.433 e. The lowest BCUT2D eigenvalue weighted by Crippen LogP contribution is -2.09. The van der Waals surface area contributed by atoms with Crippen LogP contribution < -0.4 is 14.8 Å². The standard InChI is InChI=1S/C17H11F3N4O2/c18-17(19,20)14-2-1-3-15(23-14)24-16-21-7-6-11(22-16)10-4-5-12-13(8-10)26-9-25-12/h1-8H,9H2,(H,21,22,23,24). The SMILES string of the molecule is FC(F)(F)c1cccc(Nc2nccc(-c3ccc4c(c3)OCO4)n2)n1. The predicted octanol–water partition coefficient (Wildman–Crippen LogP) is 4.03. The van der Waals surface area contributed by atoms with Crippen molar-refractivity contribution in [3.8, 4) is 22.8 Å². The molecule has 3 aromatic rings. The predicted molar refractivity (Wildman–Crippen MR) is 86.1 cm³/mol. The van der Waals surface area contributed by atoms with Gasteiger partial charge in [-0.25, -0.2) is 15.0 Å². The number of anilines is 2. The Hall–Kier alpha value is -3.36. The van der Waals surface area contributed by atoms with E-state index in [1.165, 1.54) is 18.3 Å². The monoisotopic (exact) mass is 360 g/mol. The lowest BCUT2D eigenvalue weighted by molar-refractivity contribution is -0.141. The molecule has 9 heteroatoms. The fraction of sp³-hybridized carbons (Fsp3) is 0.118. The summed E-state index contributed by atoms with van der Waals surface area (Å²) in [7, 11) is 0. The van der Waals surface area contributed by atoms with Gasteiger partial charge in [-0.15, -0.1) is 0 Å². The fourth-order valence-corrected chi connectivity index (χ4v) is 2.41. The topological polar surface area (TPSA) is 69.2 Å². The van der Waals surface area contributed by atoms with Crippen molar-refractivity contribution in [3.05, 3.63) is 54.4 Å². The molecule has 0 spiro atoms. The minimum atomic E-state index is -4.52. The molecule has 0 saturated carbocycles. The molecule has 26 heavy (non-hydrogen) atoms. The number of fused-ring (bicyclic) bond motifs is 1. The highest BCUT2D eigenvalue weighted by atomic mass is 19.4. The van der Waals surface area contributed by atoms with Crippen LogP contribution in [-0.4, -0.2) is 21.7 Å². The molecule has 0 fully saturated rings. The third-order valence-corrected chi connectivity index (χ3v) is 3.60. The van der Waals surface area contributed by atoms with Crippen LogP contribution in [-0.2, 0) is 6.18 Å². The van der Waals surface area contributed by atoms with Crippen molar-refractivity contribution >= 4 is 11.8 Å². The molecule has 6 nitrogen and oxygen atoms in total. The van der Waals surface area contributed by atoms with Crippen LogP contribution in [0.4, 0.5) is 24.9 Å². The number of nitrogens with one attached hydrogen (secondary N) is 1. The molecule has 0 bridgehead atoms. The van der Waals surface area contributed by atoms with E-state index in [-0.39, 0.29) is 18.6 Å². The van der Waals surface area contributed by atoms with Crippen molar-refractivity contribution in [2.75, 3.05) is 12.1 Å². The molecule has 1 aliphatic rings. The molecule has 4 rings (SSSR count). The highest BCUT2D eigenvalue weighted by Gasteiger charge is 2.32. The summed E-state index contributed by atoms with van der Waals surface area (Å²) in [6.07, 6.45) is -3.02. The van der Waals surface area contributed by atoms with Gasteiger partial charge in [-0.2, -0.15) is 13.2 Å². The summed E-state index contributed by atoms with van der Waals surface area (Å²) in [5.74, 6) is 1.39. The highest BCUT2D eigenvalue weighted by molar-refractivity contribution is 5.65. The van der Waals surface area contributed by atoms with Gasteiger partial charge in [0.2, 0.25) is 12.7 Å². The Kier molecular flexibility index (Phi) is 3.83. The Morgan fingerprint density at radius 2 is 1.81 bits per heavy atom. The van der Waals surface area contributed by atoms with E-state index in [9.17, 15) is 13.2 Å². The molecule has 0 amide bonds. The molecule has 0 radical (unpaired) electrons. The first-order valence-electron chi connectivity index (χ1n) is 7.53. The molecule has 0 unspecified atom stereocenters. The van der Waals surface area contributed by atoms with E-state index in [0.29, 0.717) is 17.2 Å². The van der Waals surface area contributed by atoms with Gasteiger partial charge >= 0.3 is 6.18 Å². The zero-order chi connectivity index (χ0) is 18.1. The van der Waals surface area contributed by atoms with Crippen LogP contribution in [0.3, 0.4) is 0 Å². The van der Waals surface area contributed by atoms with Crippen LogP contribution in [0, 0.1) is 0 Å². The van der Waals surface area contributed by atoms with Crippen LogP contribution in [0.1, 0.15) is 5.69 Å². The van der Waals surface area contributed by atoms with Crippen LogP contribution in [0.15, 0.2) is 48.7 Å². The second-order valence-corrected chi connectivity index (χ2v) is 5.36. The van der Waals surface area contributed by atoms with Crippen molar-refractivity contribution < 1.29 is 22.6 Å². The molecule has 0 saturated heterocycles. The number of hydrogen-bond donors (Lipinski definition) is 1. The smallest absolute Gasteiger partial charge is 0.433 e. The average Bonchev–Trinajstić information content (AvgIpc) is 3.09. The summed E-state index contributed by atoms with van der Waals surface area (Å²) in [5, 5.41) is 2.69. The molecule has 0 atom stereocenters. The Morgan fingerprint density at radius 3 is 2.65 bits per heavy atom. The van der Waals surface area contributed by atoms with Gasteiger partial charge in [0.05, 0.1) is 5.69 Å². The maximum absolute atomic E-state index is 12.8. The summed E-state index contributed by atoms with van der Waals surface area (Å²) in [5.41, 5.74) is 0.346. The van der Waals surface area contributed by atoms with Crippen LogP contribution in [0.25, 0.3) is 11.3 Å². The second kappa shape index (κ2) is 6.17. The number of ether oxygens (including phenoxy) is 2. The number of alkyl halides is 3. The summed E-state index contributed by atoms with van der Waals surface area (Å²) in [4.78, 5) is 11.9. The van der Waals surface area contributed by atoms with Crippen LogP contribution in [0.5, 0.6) is 11.5 Å². The van der Waals surface area contributed by atoms with Crippen molar-refractivity contribution in [2.24, 2.45) is 0 Å². The third-order valence-electron chi connectivity index (χ3n) is 3.60. The minimum absolute atomic E-state index is 0.00246. The number of pyridine rings is 1. The zero-order valence-electron chi connectivity index (χ0n) is 13.1. The lowest BCUT2D eigenvalue weighted by atomic mass is 10.1. The van der Waals surface area contributed by atoms with E-state index < -0.39 is 11.9 Å². The van der Waals surface area contributed by atoms with Crippen LogP contribution >= 0.6 is 0 Å². The Labute approximate surface area is 145 Å². The van der Waals surface area contributed by atoms with Crippen molar-refractivity contribution in [1.29, 1.82) is 0 Å². The summed E-state index contributed by atoms with van der Waals surface area (Å²) >= 11 is 0. The Bertz CT molecular complexity index is 963. The van der Waals surface area contributed by atoms with E-state index in [2.05, 4.69) is 20.3 Å². The Morgan fingerprint density at radius 1 is 0.962 bits per heavy atom. The van der Waals surface area contributed by atoms with Gasteiger partial charge in [0.1, 0.15) is 11.5 Å². The highest BCUT2D eigenvalue weighted by Crippen LogP contribution is 2.35. The quantitative estimate of drug-likeness (QED) is 0.761. The van der Waals surface area contributed by atoms with E-state index >= 15 is 0 Å². The molecule has 1 aliphatic heterocycles. The van der Waals surface area contributed by atoms with E-state index in [0.717, 1.165) is 11.6 Å². The van der Waals surface area contributed by atoms with Crippen molar-refractivity contribution in [1.82, 2.24) is 15.0 Å². The first-order chi connectivity index (χ1) is 12.5. The Balaban J connectivity index is 1.61. The average molecular weight is 360 g/mol. The number of benzene rings is 1. The van der Waals surface area contributed by atoms with Gasteiger partial charge in [0.15, 0.2) is 11.5 Å². The molecule has 3 heterocycles. The number of aromatic nitrogens is 3. The molecular formula is C17H11F3N4O2. The molecule has 132 valence electrons. The van der Waals surface area contributed by atoms with Gasteiger partial charge in [-0.3, -0.25) is 0 Å². The number of nitrogens with zero attached hydrogens (tertiary/aromatic N) is 3. The maximum atomic E-state index is 12.8. The van der Waals surface area contributed by atoms with Gasteiger partial charge in [-0.1, -0.05) is 6.07 Å². The van der Waals surface area contributed by atoms with Gasteiger partial charge in [-0.05, 0) is 36.4 Å². The van der Waals surface area contributed by atoms with Gasteiger partial charge in [0, 0.05) is 11.8 Å². The minimum Gasteiger partial charge on any atom is -0.454 e. The number of hydrogen-bond acceptors (Lipinski definition) is 6. The third kappa shape index (κ3) is 3.23. The summed E-state index contributed by atoms with van der Waals surface area (Å²) in [6.45, 7) is 0.163. The van der Waals surface area contributed by atoms with E-state index in [1.807, 2.05) is 6.07 Å². The van der Waals surface area contributed by atoms with E-state index in [4.69, 9.17) is 9.47 Å². The van der Waals surface area contributed by atoms with Crippen LogP contribution in [0.2, 0.25) is 0 Å². The van der Waals surface area contributed by atoms with E-state index in [1.54, 1.807) is 18.2 Å². The molecular weight excluding hydrogens is 349 g/mol. The van der Waals surface area contributed by atoms with Crippen molar-refractivity contribution in [3.63, 3.8) is 0 Å². The molecule has 1 aromatic carbocycles. The molecule has 0 aliphatic carbocycles. The zero-order valence-corrected chi connectivity index (χ0v) is 13.1. The second-order valence-electron chi connectivity index (χ2n) is 5.36. The number of halogens is 3. The first kappa shape index (κ1) is 16.1. The molecule has 1 N–H and O–H groups in total. The van der Waals surface area contributed by atoms with Gasteiger partial charge in [0.25, 0.3) is 0 Å². The fourth-order valence-electron chi connectivity index (χ4n) is 2.41. The van der Waals surface area contributed by atoms with Crippen molar-refractivity contribution in [2.45, 2.75) is 6.18 Å². The number of rotatable bonds is 3. The lowest BCUT2D eigenvalue weighted by Gasteiger charge is -2.09.